The zero-order valence-corrected chi connectivity index (χ0v) is 12.8. The number of fused-ring (bicyclic) bond motifs is 1. The molecule has 1 atom stereocenters. The van der Waals surface area contributed by atoms with Crippen LogP contribution in [-0.4, -0.2) is 15.8 Å². The van der Waals surface area contributed by atoms with E-state index in [1.54, 1.807) is 0 Å². The summed E-state index contributed by atoms with van der Waals surface area (Å²) in [6.07, 6.45) is 2.28. The van der Waals surface area contributed by atoms with E-state index in [4.69, 9.17) is 0 Å². The molecule has 1 aromatic heterocycles. The lowest BCUT2D eigenvalue weighted by molar-refractivity contribution is 0.465. The van der Waals surface area contributed by atoms with Gasteiger partial charge in [-0.05, 0) is 44.7 Å². The Hall–Kier alpha value is -1.61. The van der Waals surface area contributed by atoms with Crippen molar-refractivity contribution in [1.29, 1.82) is 0 Å². The van der Waals surface area contributed by atoms with Gasteiger partial charge in [-0.15, -0.1) is 0 Å². The van der Waals surface area contributed by atoms with Gasteiger partial charge in [-0.25, -0.2) is 0 Å². The smallest absolute Gasteiger partial charge is 0.0644 e. The number of benzene rings is 1. The summed E-state index contributed by atoms with van der Waals surface area (Å²) >= 11 is 0. The molecule has 0 spiro atoms. The maximum absolute atomic E-state index is 4.52. The van der Waals surface area contributed by atoms with E-state index in [1.807, 2.05) is 11.7 Å². The molecule has 0 aliphatic heterocycles. The fourth-order valence-corrected chi connectivity index (χ4v) is 3.53. The molecule has 0 saturated carbocycles. The highest BCUT2D eigenvalue weighted by molar-refractivity contribution is 5.34. The fraction of sp³-hybridized carbons (Fsp3) is 0.471. The SMILES string of the molecule is Cc1nn(C)c(C)c1C(C)NC1Cc2ccccc2C1. The first-order valence-corrected chi connectivity index (χ1v) is 7.39. The molecule has 0 fully saturated rings. The Bertz CT molecular complexity index is 602. The first kappa shape index (κ1) is 13.4. The largest absolute Gasteiger partial charge is 0.307 e. The Morgan fingerprint density at radius 2 is 1.80 bits per heavy atom. The Morgan fingerprint density at radius 3 is 2.30 bits per heavy atom. The van der Waals surface area contributed by atoms with Gasteiger partial charge in [-0.3, -0.25) is 4.68 Å². The summed E-state index contributed by atoms with van der Waals surface area (Å²) in [5.41, 5.74) is 6.75. The van der Waals surface area contributed by atoms with Crippen LogP contribution in [0.3, 0.4) is 0 Å². The summed E-state index contributed by atoms with van der Waals surface area (Å²) in [4.78, 5) is 0. The van der Waals surface area contributed by atoms with Gasteiger partial charge in [0.05, 0.1) is 5.69 Å². The van der Waals surface area contributed by atoms with Crippen LogP contribution in [0.5, 0.6) is 0 Å². The molecule has 1 heterocycles. The van der Waals surface area contributed by atoms with Crippen molar-refractivity contribution in [2.75, 3.05) is 0 Å². The zero-order chi connectivity index (χ0) is 14.3. The molecular weight excluding hydrogens is 246 g/mol. The number of nitrogens with zero attached hydrogens (tertiary/aromatic N) is 2. The van der Waals surface area contributed by atoms with Crippen molar-refractivity contribution in [1.82, 2.24) is 15.1 Å². The van der Waals surface area contributed by atoms with E-state index in [2.05, 4.69) is 55.5 Å². The minimum Gasteiger partial charge on any atom is -0.307 e. The molecule has 1 aliphatic rings. The predicted molar refractivity (Wildman–Crippen MR) is 81.9 cm³/mol. The van der Waals surface area contributed by atoms with Gasteiger partial charge in [0.15, 0.2) is 0 Å². The lowest BCUT2D eigenvalue weighted by Crippen LogP contribution is -2.32. The molecule has 0 radical (unpaired) electrons. The molecular formula is C17H23N3. The predicted octanol–water partition coefficient (Wildman–Crippen LogP) is 2.85. The average molecular weight is 269 g/mol. The van der Waals surface area contributed by atoms with Gasteiger partial charge in [-0.2, -0.15) is 5.10 Å². The lowest BCUT2D eigenvalue weighted by Gasteiger charge is -2.20. The monoisotopic (exact) mass is 269 g/mol. The number of rotatable bonds is 3. The van der Waals surface area contributed by atoms with Gasteiger partial charge < -0.3 is 5.32 Å². The van der Waals surface area contributed by atoms with Gasteiger partial charge in [0.2, 0.25) is 0 Å². The number of hydrogen-bond acceptors (Lipinski definition) is 2. The van der Waals surface area contributed by atoms with Crippen LogP contribution >= 0.6 is 0 Å². The van der Waals surface area contributed by atoms with E-state index < -0.39 is 0 Å². The standard InChI is InChI=1S/C17H23N3/c1-11(17-12(2)19-20(4)13(17)3)18-16-9-14-7-5-6-8-15(14)10-16/h5-8,11,16,18H,9-10H2,1-4H3. The highest BCUT2D eigenvalue weighted by atomic mass is 15.3. The van der Waals surface area contributed by atoms with Crippen molar-refractivity contribution >= 4 is 0 Å². The van der Waals surface area contributed by atoms with E-state index in [-0.39, 0.29) is 0 Å². The van der Waals surface area contributed by atoms with Crippen molar-refractivity contribution in [2.45, 2.75) is 45.7 Å². The second-order valence-corrected chi connectivity index (χ2v) is 5.97. The summed E-state index contributed by atoms with van der Waals surface area (Å²) in [6, 6.07) is 9.68. The van der Waals surface area contributed by atoms with Gasteiger partial charge in [0, 0.05) is 30.4 Å². The van der Waals surface area contributed by atoms with Crippen LogP contribution in [0.4, 0.5) is 0 Å². The summed E-state index contributed by atoms with van der Waals surface area (Å²) in [5, 5.41) is 8.31. The van der Waals surface area contributed by atoms with Crippen molar-refractivity contribution in [2.24, 2.45) is 7.05 Å². The maximum Gasteiger partial charge on any atom is 0.0644 e. The second-order valence-electron chi connectivity index (χ2n) is 5.97. The van der Waals surface area contributed by atoms with Crippen molar-refractivity contribution in [3.8, 4) is 0 Å². The highest BCUT2D eigenvalue weighted by Crippen LogP contribution is 2.26. The number of aromatic nitrogens is 2. The summed E-state index contributed by atoms with van der Waals surface area (Å²) in [6.45, 7) is 6.50. The molecule has 0 bridgehead atoms. The third-order valence-electron chi connectivity index (χ3n) is 4.53. The topological polar surface area (TPSA) is 29.9 Å². The van der Waals surface area contributed by atoms with E-state index in [9.17, 15) is 0 Å². The van der Waals surface area contributed by atoms with E-state index in [0.717, 1.165) is 18.5 Å². The van der Waals surface area contributed by atoms with E-state index >= 15 is 0 Å². The average Bonchev–Trinajstić information content (AvgIpc) is 2.90. The van der Waals surface area contributed by atoms with Gasteiger partial charge in [0.1, 0.15) is 0 Å². The van der Waals surface area contributed by atoms with Crippen LogP contribution < -0.4 is 5.32 Å². The Kier molecular flexibility index (Phi) is 3.38. The maximum atomic E-state index is 4.52. The number of aryl methyl sites for hydroxylation is 2. The summed E-state index contributed by atoms with van der Waals surface area (Å²) < 4.78 is 1.98. The lowest BCUT2D eigenvalue weighted by atomic mass is 10.0. The van der Waals surface area contributed by atoms with Crippen molar-refractivity contribution in [3.63, 3.8) is 0 Å². The minimum absolute atomic E-state index is 0.350. The van der Waals surface area contributed by atoms with Crippen molar-refractivity contribution < 1.29 is 0 Å². The van der Waals surface area contributed by atoms with Crippen LogP contribution in [0.2, 0.25) is 0 Å². The van der Waals surface area contributed by atoms with Crippen LogP contribution in [0.15, 0.2) is 24.3 Å². The van der Waals surface area contributed by atoms with Crippen molar-refractivity contribution in [3.05, 3.63) is 52.3 Å². The summed E-state index contributed by atoms with van der Waals surface area (Å²) in [5.74, 6) is 0. The normalized spacial score (nSPS) is 16.4. The summed E-state index contributed by atoms with van der Waals surface area (Å²) in [7, 11) is 2.02. The first-order valence-electron chi connectivity index (χ1n) is 7.39. The Balaban J connectivity index is 1.73. The van der Waals surface area contributed by atoms with Gasteiger partial charge in [0.25, 0.3) is 0 Å². The zero-order valence-electron chi connectivity index (χ0n) is 12.8. The molecule has 1 aromatic carbocycles. The van der Waals surface area contributed by atoms with E-state index in [1.165, 1.54) is 22.4 Å². The molecule has 20 heavy (non-hydrogen) atoms. The molecule has 3 nitrogen and oxygen atoms in total. The second kappa shape index (κ2) is 5.06. The number of nitrogens with one attached hydrogen (secondary N) is 1. The molecule has 3 heteroatoms. The fourth-order valence-electron chi connectivity index (χ4n) is 3.53. The molecule has 106 valence electrons. The third-order valence-corrected chi connectivity index (χ3v) is 4.53. The molecule has 1 N–H and O–H groups in total. The molecule has 3 rings (SSSR count). The number of hydrogen-bond donors (Lipinski definition) is 1. The highest BCUT2D eigenvalue weighted by Gasteiger charge is 2.24. The molecule has 2 aromatic rings. The van der Waals surface area contributed by atoms with Crippen LogP contribution in [0, 0.1) is 13.8 Å². The molecule has 0 saturated heterocycles. The Morgan fingerprint density at radius 1 is 1.20 bits per heavy atom. The van der Waals surface area contributed by atoms with Gasteiger partial charge in [-0.1, -0.05) is 24.3 Å². The Labute approximate surface area is 121 Å². The third kappa shape index (κ3) is 2.27. The quantitative estimate of drug-likeness (QED) is 0.928. The van der Waals surface area contributed by atoms with Crippen LogP contribution in [0.25, 0.3) is 0 Å². The molecule has 1 unspecified atom stereocenters. The minimum atomic E-state index is 0.350. The molecule has 0 amide bonds. The molecule has 1 aliphatic carbocycles. The van der Waals surface area contributed by atoms with E-state index in [0.29, 0.717) is 12.1 Å². The first-order chi connectivity index (χ1) is 9.56. The van der Waals surface area contributed by atoms with Crippen LogP contribution in [-0.2, 0) is 19.9 Å². The van der Waals surface area contributed by atoms with Gasteiger partial charge >= 0.3 is 0 Å². The van der Waals surface area contributed by atoms with Crippen LogP contribution in [0.1, 0.15) is 41.0 Å².